The van der Waals surface area contributed by atoms with Gasteiger partial charge in [-0.3, -0.25) is 4.79 Å². The SMILES string of the molecule is Cc1ccc2c(CC(=O)NC(C)C(C)CO)coc2c1C. The van der Waals surface area contributed by atoms with Gasteiger partial charge < -0.3 is 14.8 Å². The Morgan fingerprint density at radius 2 is 2.05 bits per heavy atom. The average Bonchev–Trinajstić information content (AvgIpc) is 2.85. The van der Waals surface area contributed by atoms with E-state index in [1.165, 1.54) is 5.56 Å². The van der Waals surface area contributed by atoms with Crippen LogP contribution >= 0.6 is 0 Å². The van der Waals surface area contributed by atoms with Gasteiger partial charge in [0.2, 0.25) is 5.91 Å². The van der Waals surface area contributed by atoms with E-state index < -0.39 is 0 Å². The molecular formula is C17H23NO3. The van der Waals surface area contributed by atoms with Crippen molar-refractivity contribution in [2.75, 3.05) is 6.61 Å². The number of aliphatic hydroxyl groups is 1. The maximum absolute atomic E-state index is 12.1. The molecule has 4 heteroatoms. The lowest BCUT2D eigenvalue weighted by Crippen LogP contribution is -2.39. The van der Waals surface area contributed by atoms with E-state index in [4.69, 9.17) is 9.52 Å². The third kappa shape index (κ3) is 3.27. The molecule has 0 spiro atoms. The van der Waals surface area contributed by atoms with Crippen molar-refractivity contribution in [3.05, 3.63) is 35.1 Å². The number of furan rings is 1. The fourth-order valence-electron chi connectivity index (χ4n) is 2.30. The van der Waals surface area contributed by atoms with Crippen LogP contribution in [0.5, 0.6) is 0 Å². The summed E-state index contributed by atoms with van der Waals surface area (Å²) in [5.41, 5.74) is 4.05. The Morgan fingerprint density at radius 1 is 1.33 bits per heavy atom. The van der Waals surface area contributed by atoms with Crippen molar-refractivity contribution in [3.63, 3.8) is 0 Å². The molecule has 2 N–H and O–H groups in total. The number of carbonyl (C=O) groups is 1. The molecule has 2 unspecified atom stereocenters. The van der Waals surface area contributed by atoms with Gasteiger partial charge in [0.25, 0.3) is 0 Å². The van der Waals surface area contributed by atoms with Crippen molar-refractivity contribution >= 4 is 16.9 Å². The third-order valence-corrected chi connectivity index (χ3v) is 4.22. The Morgan fingerprint density at radius 3 is 2.71 bits per heavy atom. The summed E-state index contributed by atoms with van der Waals surface area (Å²) >= 11 is 0. The highest BCUT2D eigenvalue weighted by atomic mass is 16.3. The quantitative estimate of drug-likeness (QED) is 0.889. The summed E-state index contributed by atoms with van der Waals surface area (Å²) in [5, 5.41) is 13.0. The van der Waals surface area contributed by atoms with Gasteiger partial charge in [-0.15, -0.1) is 0 Å². The van der Waals surface area contributed by atoms with Crippen LogP contribution in [0.2, 0.25) is 0 Å². The van der Waals surface area contributed by atoms with E-state index in [9.17, 15) is 4.79 Å². The Hall–Kier alpha value is -1.81. The molecule has 1 aromatic heterocycles. The first-order valence-corrected chi connectivity index (χ1v) is 7.30. The first-order valence-electron chi connectivity index (χ1n) is 7.30. The molecule has 2 aromatic rings. The lowest BCUT2D eigenvalue weighted by atomic mass is 10.0. The number of hydrogen-bond donors (Lipinski definition) is 2. The van der Waals surface area contributed by atoms with Gasteiger partial charge in [-0.05, 0) is 37.8 Å². The molecule has 0 radical (unpaired) electrons. The fourth-order valence-corrected chi connectivity index (χ4v) is 2.30. The molecule has 4 nitrogen and oxygen atoms in total. The lowest BCUT2D eigenvalue weighted by molar-refractivity contribution is -0.121. The molecule has 0 aliphatic rings. The van der Waals surface area contributed by atoms with Crippen LogP contribution in [-0.2, 0) is 11.2 Å². The number of carbonyl (C=O) groups excluding carboxylic acids is 1. The molecule has 0 fully saturated rings. The van der Waals surface area contributed by atoms with E-state index in [0.717, 1.165) is 22.1 Å². The Bertz CT molecular complexity index is 645. The van der Waals surface area contributed by atoms with Gasteiger partial charge in [0.1, 0.15) is 5.58 Å². The number of fused-ring (bicyclic) bond motifs is 1. The fraction of sp³-hybridized carbons (Fsp3) is 0.471. The van der Waals surface area contributed by atoms with Gasteiger partial charge >= 0.3 is 0 Å². The molecule has 21 heavy (non-hydrogen) atoms. The monoisotopic (exact) mass is 289 g/mol. The minimum absolute atomic E-state index is 0.0416. The minimum Gasteiger partial charge on any atom is -0.464 e. The van der Waals surface area contributed by atoms with Crippen LogP contribution < -0.4 is 5.32 Å². The Kier molecular flexibility index (Phi) is 4.68. The molecule has 2 atom stereocenters. The second-order valence-electron chi connectivity index (χ2n) is 5.84. The normalized spacial score (nSPS) is 14.1. The van der Waals surface area contributed by atoms with Crippen molar-refractivity contribution in [2.24, 2.45) is 5.92 Å². The number of amides is 1. The summed E-state index contributed by atoms with van der Waals surface area (Å²) in [6.07, 6.45) is 1.95. The molecule has 0 saturated heterocycles. The van der Waals surface area contributed by atoms with Gasteiger partial charge in [-0.2, -0.15) is 0 Å². The van der Waals surface area contributed by atoms with Crippen LogP contribution in [0, 0.1) is 19.8 Å². The topological polar surface area (TPSA) is 62.5 Å². The van der Waals surface area contributed by atoms with Crippen molar-refractivity contribution < 1.29 is 14.3 Å². The minimum atomic E-state index is -0.0521. The highest BCUT2D eigenvalue weighted by molar-refractivity contribution is 5.89. The maximum Gasteiger partial charge on any atom is 0.224 e. The van der Waals surface area contributed by atoms with E-state index in [2.05, 4.69) is 5.32 Å². The average molecular weight is 289 g/mol. The van der Waals surface area contributed by atoms with Crippen LogP contribution in [0.15, 0.2) is 22.8 Å². The summed E-state index contributed by atoms with van der Waals surface area (Å²) in [5.74, 6) is -0.0105. The van der Waals surface area contributed by atoms with Gasteiger partial charge in [0.05, 0.1) is 12.7 Å². The Balaban J connectivity index is 2.13. The standard InChI is InChI=1S/C17H23NO3/c1-10-5-6-15-14(9-21-17(15)12(10)3)7-16(20)18-13(4)11(2)8-19/h5-6,9,11,13,19H,7-8H2,1-4H3,(H,18,20). The Labute approximate surface area is 125 Å². The number of benzene rings is 1. The van der Waals surface area contributed by atoms with Gasteiger partial charge in [-0.25, -0.2) is 0 Å². The summed E-state index contributed by atoms with van der Waals surface area (Å²) in [6.45, 7) is 7.94. The summed E-state index contributed by atoms with van der Waals surface area (Å²) in [6, 6.07) is 4.00. The number of aryl methyl sites for hydroxylation is 2. The van der Waals surface area contributed by atoms with E-state index in [1.54, 1.807) is 6.26 Å². The van der Waals surface area contributed by atoms with Gasteiger partial charge in [0.15, 0.2) is 0 Å². The van der Waals surface area contributed by atoms with Crippen molar-refractivity contribution in [3.8, 4) is 0 Å². The van der Waals surface area contributed by atoms with Crippen molar-refractivity contribution in [1.29, 1.82) is 0 Å². The molecule has 0 saturated carbocycles. The molecule has 1 aromatic carbocycles. The van der Waals surface area contributed by atoms with Crippen LogP contribution in [-0.4, -0.2) is 23.7 Å². The lowest BCUT2D eigenvalue weighted by Gasteiger charge is -2.19. The predicted molar refractivity (Wildman–Crippen MR) is 83.2 cm³/mol. The highest BCUT2D eigenvalue weighted by Crippen LogP contribution is 2.26. The number of aliphatic hydroxyl groups excluding tert-OH is 1. The first kappa shape index (κ1) is 15.6. The van der Waals surface area contributed by atoms with Crippen molar-refractivity contribution in [2.45, 2.75) is 40.2 Å². The van der Waals surface area contributed by atoms with Crippen LogP contribution in [0.4, 0.5) is 0 Å². The van der Waals surface area contributed by atoms with E-state index in [-0.39, 0.29) is 30.9 Å². The number of nitrogens with one attached hydrogen (secondary N) is 1. The predicted octanol–water partition coefficient (Wildman–Crippen LogP) is 2.73. The van der Waals surface area contributed by atoms with Crippen LogP contribution in [0.3, 0.4) is 0 Å². The molecule has 1 amide bonds. The second-order valence-corrected chi connectivity index (χ2v) is 5.84. The number of hydrogen-bond acceptors (Lipinski definition) is 3. The largest absolute Gasteiger partial charge is 0.464 e. The highest BCUT2D eigenvalue weighted by Gasteiger charge is 2.16. The molecule has 0 bridgehead atoms. The summed E-state index contributed by atoms with van der Waals surface area (Å²) < 4.78 is 5.62. The zero-order valence-electron chi connectivity index (χ0n) is 13.1. The maximum atomic E-state index is 12.1. The molecular weight excluding hydrogens is 266 g/mol. The number of rotatable bonds is 5. The van der Waals surface area contributed by atoms with E-state index in [1.807, 2.05) is 39.8 Å². The molecule has 0 aliphatic carbocycles. The van der Waals surface area contributed by atoms with E-state index >= 15 is 0 Å². The third-order valence-electron chi connectivity index (χ3n) is 4.22. The van der Waals surface area contributed by atoms with Crippen molar-refractivity contribution in [1.82, 2.24) is 5.32 Å². The van der Waals surface area contributed by atoms with Crippen LogP contribution in [0.1, 0.15) is 30.5 Å². The second kappa shape index (κ2) is 6.31. The van der Waals surface area contributed by atoms with E-state index in [0.29, 0.717) is 0 Å². The zero-order chi connectivity index (χ0) is 15.6. The van der Waals surface area contributed by atoms with Crippen LogP contribution in [0.25, 0.3) is 11.0 Å². The molecule has 0 aliphatic heterocycles. The molecule has 1 heterocycles. The zero-order valence-corrected chi connectivity index (χ0v) is 13.1. The molecule has 114 valence electrons. The smallest absolute Gasteiger partial charge is 0.224 e. The summed E-state index contributed by atoms with van der Waals surface area (Å²) in [7, 11) is 0. The van der Waals surface area contributed by atoms with Gasteiger partial charge in [0, 0.05) is 23.6 Å². The summed E-state index contributed by atoms with van der Waals surface area (Å²) in [4.78, 5) is 12.1. The van der Waals surface area contributed by atoms with Gasteiger partial charge in [-0.1, -0.05) is 19.1 Å². The first-order chi connectivity index (χ1) is 9.93. The molecule has 2 rings (SSSR count).